The van der Waals surface area contributed by atoms with E-state index in [2.05, 4.69) is 0 Å². The summed E-state index contributed by atoms with van der Waals surface area (Å²) in [6, 6.07) is 2.26. The van der Waals surface area contributed by atoms with Gasteiger partial charge in [0.25, 0.3) is 0 Å². The van der Waals surface area contributed by atoms with E-state index in [1.165, 1.54) is 7.11 Å². The predicted molar refractivity (Wildman–Crippen MR) is 63.6 cm³/mol. The van der Waals surface area contributed by atoms with Crippen molar-refractivity contribution in [3.8, 4) is 11.5 Å². The third kappa shape index (κ3) is 3.51. The highest BCUT2D eigenvalue weighted by Gasteiger charge is 2.13. The van der Waals surface area contributed by atoms with Crippen LogP contribution in [0.3, 0.4) is 0 Å². The molecule has 1 aromatic rings. The first-order valence-corrected chi connectivity index (χ1v) is 5.37. The molecule has 17 heavy (non-hydrogen) atoms. The van der Waals surface area contributed by atoms with Crippen LogP contribution in [0.25, 0.3) is 0 Å². The van der Waals surface area contributed by atoms with Crippen molar-refractivity contribution in [1.29, 1.82) is 0 Å². The molecule has 0 aromatic heterocycles. The number of carboxylic acids is 1. The Kier molecular flexibility index (Phi) is 4.60. The van der Waals surface area contributed by atoms with Crippen molar-refractivity contribution < 1.29 is 19.7 Å². The summed E-state index contributed by atoms with van der Waals surface area (Å²) in [6.07, 6.45) is 0.740. The molecular formula is C11H14ClNO4. The molecule has 0 saturated heterocycles. The number of aromatic hydroxyl groups is 1. The van der Waals surface area contributed by atoms with Crippen LogP contribution >= 0.6 is 11.6 Å². The molecule has 0 fully saturated rings. The monoisotopic (exact) mass is 259 g/mol. The summed E-state index contributed by atoms with van der Waals surface area (Å²) in [7, 11) is 1.41. The largest absolute Gasteiger partial charge is 0.503 e. The molecule has 4 N–H and O–H groups in total. The zero-order chi connectivity index (χ0) is 13.0. The van der Waals surface area contributed by atoms with Gasteiger partial charge in [0, 0.05) is 0 Å². The molecule has 0 aliphatic heterocycles. The van der Waals surface area contributed by atoms with Crippen molar-refractivity contribution in [3.05, 3.63) is 22.7 Å². The number of aliphatic carboxylic acids is 1. The lowest BCUT2D eigenvalue weighted by atomic mass is 10.1. The lowest BCUT2D eigenvalue weighted by Gasteiger charge is -2.10. The van der Waals surface area contributed by atoms with Crippen molar-refractivity contribution in [2.24, 2.45) is 5.73 Å². The summed E-state index contributed by atoms with van der Waals surface area (Å²) < 4.78 is 4.94. The Morgan fingerprint density at radius 2 is 2.24 bits per heavy atom. The highest BCUT2D eigenvalue weighted by atomic mass is 35.5. The summed E-state index contributed by atoms with van der Waals surface area (Å²) in [5.74, 6) is -0.904. The van der Waals surface area contributed by atoms with Gasteiger partial charge in [-0.15, -0.1) is 0 Å². The van der Waals surface area contributed by atoms with E-state index in [-0.39, 0.29) is 16.5 Å². The smallest absolute Gasteiger partial charge is 0.320 e. The second-order valence-electron chi connectivity index (χ2n) is 3.61. The average molecular weight is 260 g/mol. The van der Waals surface area contributed by atoms with Gasteiger partial charge in [0.1, 0.15) is 6.04 Å². The molecule has 5 nitrogen and oxygen atoms in total. The van der Waals surface area contributed by atoms with Crippen LogP contribution in [0, 0.1) is 0 Å². The summed E-state index contributed by atoms with van der Waals surface area (Å²) in [5.41, 5.74) is 6.15. The fourth-order valence-electron chi connectivity index (χ4n) is 1.37. The van der Waals surface area contributed by atoms with Gasteiger partial charge in [0.05, 0.1) is 12.1 Å². The van der Waals surface area contributed by atoms with Crippen LogP contribution in [0.4, 0.5) is 0 Å². The fraction of sp³-hybridized carbons (Fsp3) is 0.364. The van der Waals surface area contributed by atoms with Gasteiger partial charge in [-0.2, -0.15) is 0 Å². The third-order valence-electron chi connectivity index (χ3n) is 2.37. The zero-order valence-electron chi connectivity index (χ0n) is 9.31. The van der Waals surface area contributed by atoms with Crippen LogP contribution in [0.5, 0.6) is 11.5 Å². The Balaban J connectivity index is 2.79. The Bertz CT molecular complexity index is 422. The molecule has 0 bridgehead atoms. The molecular weight excluding hydrogens is 246 g/mol. The molecule has 1 aromatic carbocycles. The van der Waals surface area contributed by atoms with Gasteiger partial charge in [-0.1, -0.05) is 11.6 Å². The quantitative estimate of drug-likeness (QED) is 0.743. The molecule has 0 heterocycles. The number of carbonyl (C=O) groups is 1. The van der Waals surface area contributed by atoms with E-state index in [9.17, 15) is 9.90 Å². The summed E-state index contributed by atoms with van der Waals surface area (Å²) in [4.78, 5) is 10.5. The number of phenolic OH excluding ortho intramolecular Hbond substituents is 1. The summed E-state index contributed by atoms with van der Waals surface area (Å²) >= 11 is 5.80. The summed E-state index contributed by atoms with van der Waals surface area (Å²) in [5, 5.41) is 18.3. The van der Waals surface area contributed by atoms with E-state index in [1.807, 2.05) is 0 Å². The van der Waals surface area contributed by atoms with Gasteiger partial charge in [0.2, 0.25) is 0 Å². The highest BCUT2D eigenvalue weighted by molar-refractivity contribution is 6.32. The van der Waals surface area contributed by atoms with E-state index < -0.39 is 12.0 Å². The minimum absolute atomic E-state index is 0.125. The lowest BCUT2D eigenvalue weighted by Crippen LogP contribution is -2.30. The van der Waals surface area contributed by atoms with E-state index in [0.29, 0.717) is 12.8 Å². The van der Waals surface area contributed by atoms with Gasteiger partial charge >= 0.3 is 5.97 Å². The van der Waals surface area contributed by atoms with Crippen molar-refractivity contribution in [2.45, 2.75) is 18.9 Å². The maximum Gasteiger partial charge on any atom is 0.320 e. The molecule has 0 radical (unpaired) electrons. The molecule has 0 amide bonds. The first-order valence-electron chi connectivity index (χ1n) is 4.99. The minimum atomic E-state index is -1.04. The second kappa shape index (κ2) is 5.75. The van der Waals surface area contributed by atoms with Crippen molar-refractivity contribution in [2.75, 3.05) is 7.11 Å². The first kappa shape index (κ1) is 13.6. The summed E-state index contributed by atoms with van der Waals surface area (Å²) in [6.45, 7) is 0. The number of ether oxygens (including phenoxy) is 1. The number of aryl methyl sites for hydroxylation is 1. The highest BCUT2D eigenvalue weighted by Crippen LogP contribution is 2.35. The van der Waals surface area contributed by atoms with Crippen molar-refractivity contribution in [1.82, 2.24) is 0 Å². The molecule has 0 spiro atoms. The van der Waals surface area contributed by atoms with Crippen LogP contribution in [-0.4, -0.2) is 29.3 Å². The number of nitrogens with two attached hydrogens (primary N) is 1. The predicted octanol–water partition coefficient (Wildman–Crippen LogP) is 1.40. The lowest BCUT2D eigenvalue weighted by molar-refractivity contribution is -0.138. The number of halogens is 1. The van der Waals surface area contributed by atoms with Crippen LogP contribution < -0.4 is 10.5 Å². The molecule has 0 aliphatic rings. The first-order chi connectivity index (χ1) is 7.95. The van der Waals surface area contributed by atoms with Crippen molar-refractivity contribution in [3.63, 3.8) is 0 Å². The Morgan fingerprint density at radius 1 is 1.59 bits per heavy atom. The van der Waals surface area contributed by atoms with Gasteiger partial charge < -0.3 is 20.7 Å². The Morgan fingerprint density at radius 3 is 2.76 bits per heavy atom. The number of hydrogen-bond acceptors (Lipinski definition) is 4. The number of carboxylic acid groups (broad SMARTS) is 1. The van der Waals surface area contributed by atoms with Gasteiger partial charge in [-0.05, 0) is 30.5 Å². The SMILES string of the molecule is COc1cc(CC[C@@H](N)C(=O)O)cc(Cl)c1O. The van der Waals surface area contributed by atoms with Crippen LogP contribution in [-0.2, 0) is 11.2 Å². The Hall–Kier alpha value is -1.46. The van der Waals surface area contributed by atoms with E-state index in [0.717, 1.165) is 5.56 Å². The molecule has 0 saturated carbocycles. The maximum absolute atomic E-state index is 10.5. The van der Waals surface area contributed by atoms with E-state index in [4.69, 9.17) is 27.2 Å². The van der Waals surface area contributed by atoms with E-state index in [1.54, 1.807) is 12.1 Å². The molecule has 0 unspecified atom stereocenters. The van der Waals surface area contributed by atoms with Crippen LogP contribution in [0.2, 0.25) is 5.02 Å². The number of phenols is 1. The minimum Gasteiger partial charge on any atom is -0.503 e. The number of rotatable bonds is 5. The van der Waals surface area contributed by atoms with Crippen molar-refractivity contribution >= 4 is 17.6 Å². The average Bonchev–Trinajstić information content (AvgIpc) is 2.29. The molecule has 94 valence electrons. The third-order valence-corrected chi connectivity index (χ3v) is 2.66. The van der Waals surface area contributed by atoms with Crippen LogP contribution in [0.1, 0.15) is 12.0 Å². The van der Waals surface area contributed by atoms with Gasteiger partial charge in [-0.25, -0.2) is 0 Å². The topological polar surface area (TPSA) is 92.8 Å². The number of benzene rings is 1. The van der Waals surface area contributed by atoms with E-state index >= 15 is 0 Å². The second-order valence-corrected chi connectivity index (χ2v) is 4.02. The zero-order valence-corrected chi connectivity index (χ0v) is 10.1. The van der Waals surface area contributed by atoms with Gasteiger partial charge in [0.15, 0.2) is 11.5 Å². The molecule has 6 heteroatoms. The normalized spacial score (nSPS) is 12.2. The molecule has 0 aliphatic carbocycles. The molecule has 1 rings (SSSR count). The van der Waals surface area contributed by atoms with Gasteiger partial charge in [-0.3, -0.25) is 4.79 Å². The number of methoxy groups -OCH3 is 1. The molecule has 1 atom stereocenters. The fourth-order valence-corrected chi connectivity index (χ4v) is 1.61. The number of hydrogen-bond donors (Lipinski definition) is 3. The standard InChI is InChI=1S/C11H14ClNO4/c1-17-9-5-6(4-7(12)10(9)14)2-3-8(13)11(15)16/h4-5,8,14H,2-3,13H2,1H3,(H,15,16)/t8-/m1/s1. The van der Waals surface area contributed by atoms with Crippen LogP contribution in [0.15, 0.2) is 12.1 Å². The Labute approximate surface area is 104 Å². The maximum atomic E-state index is 10.5.